The number of carbonyl (C=O) groups is 2. The predicted octanol–water partition coefficient (Wildman–Crippen LogP) is -0.299. The molecule has 1 aliphatic heterocycles. The van der Waals surface area contributed by atoms with Crippen LogP contribution < -0.4 is 5.43 Å². The van der Waals surface area contributed by atoms with E-state index < -0.39 is 0 Å². The molecule has 1 unspecified atom stereocenters. The van der Waals surface area contributed by atoms with Gasteiger partial charge < -0.3 is 0 Å². The second-order valence-electron chi connectivity index (χ2n) is 2.75. The van der Waals surface area contributed by atoms with Gasteiger partial charge in [-0.1, -0.05) is 0 Å². The van der Waals surface area contributed by atoms with Crippen LogP contribution in [0.2, 0.25) is 0 Å². The summed E-state index contributed by atoms with van der Waals surface area (Å²) in [7, 11) is 0. The minimum atomic E-state index is -0.154. The van der Waals surface area contributed by atoms with Gasteiger partial charge in [-0.3, -0.25) is 14.6 Å². The molecule has 1 rings (SSSR count). The fourth-order valence-electron chi connectivity index (χ4n) is 1.12. The number of rotatable bonds is 1. The van der Waals surface area contributed by atoms with Gasteiger partial charge >= 0.3 is 0 Å². The highest BCUT2D eigenvalue weighted by Crippen LogP contribution is 2.05. The van der Waals surface area contributed by atoms with Gasteiger partial charge in [-0.05, 0) is 13.3 Å². The Kier molecular flexibility index (Phi) is 2.24. The quantitative estimate of drug-likeness (QED) is 0.567. The zero-order valence-corrected chi connectivity index (χ0v) is 6.76. The molecule has 0 aliphatic carbocycles. The molecule has 11 heavy (non-hydrogen) atoms. The molecule has 0 bridgehead atoms. The van der Waals surface area contributed by atoms with Gasteiger partial charge in [0.1, 0.15) is 5.78 Å². The molecule has 1 N–H and O–H groups in total. The molecular formula is C7H12N2O2. The number of hydrogen-bond donors (Lipinski definition) is 1. The summed E-state index contributed by atoms with van der Waals surface area (Å²) >= 11 is 0. The summed E-state index contributed by atoms with van der Waals surface area (Å²) in [5, 5.41) is 1.48. The third kappa shape index (κ3) is 1.77. The van der Waals surface area contributed by atoms with Crippen LogP contribution in [0, 0.1) is 0 Å². The first-order valence-corrected chi connectivity index (χ1v) is 3.66. The summed E-state index contributed by atoms with van der Waals surface area (Å²) in [5.74, 6) is 0.0579. The number of amides is 1. The average molecular weight is 156 g/mol. The second-order valence-corrected chi connectivity index (χ2v) is 2.75. The third-order valence-electron chi connectivity index (χ3n) is 1.82. The molecule has 1 saturated heterocycles. The average Bonchev–Trinajstić information content (AvgIpc) is 2.33. The van der Waals surface area contributed by atoms with Crippen LogP contribution in [0.4, 0.5) is 0 Å². The first-order chi connectivity index (χ1) is 5.11. The van der Waals surface area contributed by atoms with Crippen LogP contribution >= 0.6 is 0 Å². The molecule has 0 aromatic rings. The topological polar surface area (TPSA) is 49.4 Å². The van der Waals surface area contributed by atoms with Crippen molar-refractivity contribution < 1.29 is 9.59 Å². The number of nitrogens with one attached hydrogen (secondary N) is 1. The van der Waals surface area contributed by atoms with E-state index in [4.69, 9.17) is 0 Å². The highest BCUT2D eigenvalue weighted by atomic mass is 16.2. The fraction of sp³-hybridized carbons (Fsp3) is 0.714. The second kappa shape index (κ2) is 3.00. The van der Waals surface area contributed by atoms with Crippen molar-refractivity contribution in [2.75, 3.05) is 6.54 Å². The molecule has 1 heterocycles. The summed E-state index contributed by atoms with van der Waals surface area (Å²) in [4.78, 5) is 21.6. The van der Waals surface area contributed by atoms with Crippen LogP contribution in [0.15, 0.2) is 0 Å². The lowest BCUT2D eigenvalue weighted by molar-refractivity contribution is -0.131. The molecule has 0 aromatic carbocycles. The maximum atomic E-state index is 10.8. The minimum absolute atomic E-state index is 0.0336. The molecule has 0 radical (unpaired) electrons. The van der Waals surface area contributed by atoms with Crippen molar-refractivity contribution in [1.82, 2.24) is 10.4 Å². The molecular weight excluding hydrogens is 144 g/mol. The zero-order chi connectivity index (χ0) is 8.43. The normalized spacial score (nSPS) is 23.8. The van der Waals surface area contributed by atoms with E-state index in [0.717, 1.165) is 6.42 Å². The van der Waals surface area contributed by atoms with E-state index in [2.05, 4.69) is 5.43 Å². The van der Waals surface area contributed by atoms with Gasteiger partial charge in [0.25, 0.3) is 0 Å². The van der Waals surface area contributed by atoms with Crippen molar-refractivity contribution >= 4 is 11.7 Å². The Morgan fingerprint density at radius 3 is 2.36 bits per heavy atom. The lowest BCUT2D eigenvalue weighted by Gasteiger charge is -2.13. The van der Waals surface area contributed by atoms with Crippen molar-refractivity contribution in [2.24, 2.45) is 0 Å². The van der Waals surface area contributed by atoms with Crippen LogP contribution in [-0.4, -0.2) is 29.3 Å². The van der Waals surface area contributed by atoms with E-state index in [0.29, 0.717) is 6.54 Å². The van der Waals surface area contributed by atoms with Crippen molar-refractivity contribution in [2.45, 2.75) is 26.3 Å². The Labute approximate surface area is 65.5 Å². The Bertz CT molecular complexity index is 171. The molecule has 0 spiro atoms. The number of ketones is 1. The fourth-order valence-corrected chi connectivity index (χ4v) is 1.12. The van der Waals surface area contributed by atoms with E-state index in [-0.39, 0.29) is 17.7 Å². The Balaban J connectivity index is 2.47. The van der Waals surface area contributed by atoms with Gasteiger partial charge in [0, 0.05) is 13.5 Å². The molecule has 1 fully saturated rings. The van der Waals surface area contributed by atoms with Crippen molar-refractivity contribution in [3.05, 3.63) is 0 Å². The summed E-state index contributed by atoms with van der Waals surface area (Å²) in [6, 6.07) is -0.154. The third-order valence-corrected chi connectivity index (χ3v) is 1.82. The predicted molar refractivity (Wildman–Crippen MR) is 39.6 cm³/mol. The molecule has 4 heteroatoms. The van der Waals surface area contributed by atoms with Crippen LogP contribution in [-0.2, 0) is 9.59 Å². The summed E-state index contributed by atoms with van der Waals surface area (Å²) in [6.07, 6.45) is 0.731. The van der Waals surface area contributed by atoms with Gasteiger partial charge in [0.05, 0.1) is 6.04 Å². The smallest absolute Gasteiger partial charge is 0.233 e. The van der Waals surface area contributed by atoms with E-state index in [1.807, 2.05) is 0 Å². The first kappa shape index (κ1) is 8.20. The van der Waals surface area contributed by atoms with Crippen molar-refractivity contribution in [1.29, 1.82) is 0 Å². The molecule has 4 nitrogen and oxygen atoms in total. The largest absolute Gasteiger partial charge is 0.298 e. The maximum absolute atomic E-state index is 10.8. The summed E-state index contributed by atoms with van der Waals surface area (Å²) in [5.41, 5.74) is 2.82. The summed E-state index contributed by atoms with van der Waals surface area (Å²) < 4.78 is 0. The molecule has 0 saturated carbocycles. The molecule has 62 valence electrons. The Morgan fingerprint density at radius 1 is 1.45 bits per heavy atom. The lowest BCUT2D eigenvalue weighted by Crippen LogP contribution is -2.41. The maximum Gasteiger partial charge on any atom is 0.233 e. The standard InChI is InChI=1S/C7H12N2O2/c1-5(10)7-3-4-9(8-7)6(2)11/h7-8H,3-4H2,1-2H3. The molecule has 1 aliphatic rings. The van der Waals surface area contributed by atoms with Crippen LogP contribution in [0.5, 0.6) is 0 Å². The monoisotopic (exact) mass is 156 g/mol. The summed E-state index contributed by atoms with van der Waals surface area (Å²) in [6.45, 7) is 3.65. The lowest BCUT2D eigenvalue weighted by atomic mass is 10.2. The Hall–Kier alpha value is -0.900. The number of hydrazine groups is 1. The first-order valence-electron chi connectivity index (χ1n) is 3.66. The van der Waals surface area contributed by atoms with Crippen LogP contribution in [0.25, 0.3) is 0 Å². The highest BCUT2D eigenvalue weighted by Gasteiger charge is 2.25. The Morgan fingerprint density at radius 2 is 2.09 bits per heavy atom. The van der Waals surface area contributed by atoms with Gasteiger partial charge in [-0.2, -0.15) is 0 Å². The number of carbonyl (C=O) groups excluding carboxylic acids is 2. The van der Waals surface area contributed by atoms with Crippen LogP contribution in [0.3, 0.4) is 0 Å². The van der Waals surface area contributed by atoms with Gasteiger partial charge in [-0.25, -0.2) is 5.43 Å². The van der Waals surface area contributed by atoms with Gasteiger partial charge in [0.15, 0.2) is 0 Å². The SMILES string of the molecule is CC(=O)C1CCN(C(C)=O)N1. The van der Waals surface area contributed by atoms with E-state index in [1.165, 1.54) is 18.9 Å². The molecule has 1 atom stereocenters. The highest BCUT2D eigenvalue weighted by molar-refractivity contribution is 5.83. The molecule has 0 aromatic heterocycles. The van der Waals surface area contributed by atoms with Gasteiger partial charge in [-0.15, -0.1) is 0 Å². The van der Waals surface area contributed by atoms with Crippen molar-refractivity contribution in [3.8, 4) is 0 Å². The zero-order valence-electron chi connectivity index (χ0n) is 6.76. The minimum Gasteiger partial charge on any atom is -0.298 e. The van der Waals surface area contributed by atoms with E-state index >= 15 is 0 Å². The van der Waals surface area contributed by atoms with E-state index in [9.17, 15) is 9.59 Å². The number of hydrogen-bond acceptors (Lipinski definition) is 3. The van der Waals surface area contributed by atoms with E-state index in [1.54, 1.807) is 0 Å². The van der Waals surface area contributed by atoms with Gasteiger partial charge in [0.2, 0.25) is 5.91 Å². The number of Topliss-reactive ketones (excluding diaryl/α,β-unsaturated/α-hetero) is 1. The molecule has 1 amide bonds. The number of nitrogens with zero attached hydrogens (tertiary/aromatic N) is 1. The van der Waals surface area contributed by atoms with Crippen molar-refractivity contribution in [3.63, 3.8) is 0 Å². The van der Waals surface area contributed by atoms with Crippen LogP contribution in [0.1, 0.15) is 20.3 Å².